The van der Waals surface area contributed by atoms with Crippen molar-refractivity contribution in [1.29, 1.82) is 0 Å². The summed E-state index contributed by atoms with van der Waals surface area (Å²) in [6.07, 6.45) is 2.23. The molecule has 196 valence electrons. The number of fused-ring (bicyclic) bond motifs is 2. The van der Waals surface area contributed by atoms with Crippen LogP contribution in [0.15, 0.2) is 36.7 Å². The number of H-pyrrole nitrogens is 1. The second-order valence-electron chi connectivity index (χ2n) is 9.17. The predicted molar refractivity (Wildman–Crippen MR) is 138 cm³/mol. The van der Waals surface area contributed by atoms with Crippen LogP contribution < -0.4 is 14.2 Å². The molecule has 4 aromatic rings. The standard InChI is InChI=1S/C27H31F2N5O3/c1-18-14-19-21(32-18)4-5-23(26(19)29)37-27-20-15-24(35-2)25(16-22(20)30-17-31-27)36-13-3-7-33-9-11-34(8-6-28)12-10-33/h4-5,14-17,32H,3,6-13H2,1-2H3. The topological polar surface area (TPSA) is 75.7 Å². The lowest BCUT2D eigenvalue weighted by Crippen LogP contribution is -2.47. The van der Waals surface area contributed by atoms with Gasteiger partial charge in [-0.3, -0.25) is 4.90 Å². The highest BCUT2D eigenvalue weighted by Crippen LogP contribution is 2.37. The van der Waals surface area contributed by atoms with Crippen LogP contribution in [0.5, 0.6) is 23.1 Å². The van der Waals surface area contributed by atoms with Gasteiger partial charge in [0.25, 0.3) is 0 Å². The average Bonchev–Trinajstić information content (AvgIpc) is 3.30. The maximum absolute atomic E-state index is 15.1. The van der Waals surface area contributed by atoms with Gasteiger partial charge in [-0.25, -0.2) is 18.7 Å². The Bertz CT molecular complexity index is 1370. The van der Waals surface area contributed by atoms with Gasteiger partial charge in [0.15, 0.2) is 23.1 Å². The first-order valence-electron chi connectivity index (χ1n) is 12.5. The Kier molecular flexibility index (Phi) is 7.66. The molecule has 3 heterocycles. The van der Waals surface area contributed by atoms with E-state index >= 15 is 4.39 Å². The zero-order valence-electron chi connectivity index (χ0n) is 21.1. The van der Waals surface area contributed by atoms with E-state index in [9.17, 15) is 4.39 Å². The summed E-state index contributed by atoms with van der Waals surface area (Å²) < 4.78 is 45.1. The first-order chi connectivity index (χ1) is 18.1. The van der Waals surface area contributed by atoms with Gasteiger partial charge in [0.2, 0.25) is 5.88 Å². The maximum Gasteiger partial charge on any atom is 0.230 e. The van der Waals surface area contributed by atoms with E-state index in [0.29, 0.717) is 46.5 Å². The van der Waals surface area contributed by atoms with Crippen LogP contribution in [0.1, 0.15) is 12.1 Å². The Balaban J connectivity index is 1.26. The van der Waals surface area contributed by atoms with Gasteiger partial charge in [-0.1, -0.05) is 0 Å². The Labute approximate surface area is 214 Å². The summed E-state index contributed by atoms with van der Waals surface area (Å²) in [5.41, 5.74) is 2.17. The molecule has 0 bridgehead atoms. The molecular formula is C27H31F2N5O3. The van der Waals surface area contributed by atoms with Crippen LogP contribution in [0, 0.1) is 12.7 Å². The highest BCUT2D eigenvalue weighted by molar-refractivity contribution is 5.87. The zero-order chi connectivity index (χ0) is 25.8. The summed E-state index contributed by atoms with van der Waals surface area (Å²) in [5, 5.41) is 1.05. The first kappa shape index (κ1) is 25.2. The molecule has 1 fully saturated rings. The van der Waals surface area contributed by atoms with Crippen molar-refractivity contribution in [2.75, 3.05) is 59.7 Å². The van der Waals surface area contributed by atoms with E-state index in [1.165, 1.54) is 6.33 Å². The van der Waals surface area contributed by atoms with E-state index < -0.39 is 5.82 Å². The molecule has 1 saturated heterocycles. The minimum atomic E-state index is -0.454. The lowest BCUT2D eigenvalue weighted by Gasteiger charge is -2.34. The molecular weight excluding hydrogens is 480 g/mol. The van der Waals surface area contributed by atoms with Crippen molar-refractivity contribution in [3.63, 3.8) is 0 Å². The van der Waals surface area contributed by atoms with Gasteiger partial charge >= 0.3 is 0 Å². The molecule has 0 radical (unpaired) electrons. The number of aryl methyl sites for hydroxylation is 1. The molecule has 37 heavy (non-hydrogen) atoms. The number of aromatic nitrogens is 3. The zero-order valence-corrected chi connectivity index (χ0v) is 21.1. The number of benzene rings is 2. The van der Waals surface area contributed by atoms with Crippen molar-refractivity contribution in [3.05, 3.63) is 48.2 Å². The molecule has 0 amide bonds. The molecule has 0 unspecified atom stereocenters. The number of halogens is 2. The van der Waals surface area contributed by atoms with Crippen molar-refractivity contribution in [3.8, 4) is 23.1 Å². The summed E-state index contributed by atoms with van der Waals surface area (Å²) in [4.78, 5) is 16.2. The second-order valence-corrected chi connectivity index (χ2v) is 9.17. The minimum Gasteiger partial charge on any atom is -0.493 e. The summed E-state index contributed by atoms with van der Waals surface area (Å²) in [5.74, 6) is 0.944. The lowest BCUT2D eigenvalue weighted by molar-refractivity contribution is 0.120. The normalized spacial score (nSPS) is 14.9. The van der Waals surface area contributed by atoms with Crippen LogP contribution >= 0.6 is 0 Å². The smallest absolute Gasteiger partial charge is 0.230 e. The summed E-state index contributed by atoms with van der Waals surface area (Å²) in [6.45, 7) is 7.21. The molecule has 0 atom stereocenters. The molecule has 2 aromatic carbocycles. The Hall–Kier alpha value is -3.50. The number of piperazine rings is 1. The largest absolute Gasteiger partial charge is 0.493 e. The Morgan fingerprint density at radius 2 is 1.73 bits per heavy atom. The van der Waals surface area contributed by atoms with E-state index in [4.69, 9.17) is 14.2 Å². The predicted octanol–water partition coefficient (Wildman–Crippen LogP) is 4.72. The van der Waals surface area contributed by atoms with E-state index in [1.54, 1.807) is 37.4 Å². The third-order valence-electron chi connectivity index (χ3n) is 6.67. The molecule has 0 spiro atoms. The number of hydrogen-bond donors (Lipinski definition) is 1. The lowest BCUT2D eigenvalue weighted by atomic mass is 10.2. The fourth-order valence-electron chi connectivity index (χ4n) is 4.69. The van der Waals surface area contributed by atoms with Crippen LogP contribution in [0.2, 0.25) is 0 Å². The SMILES string of the molecule is COc1cc2c(Oc3ccc4[nH]c(C)cc4c3F)ncnc2cc1OCCCN1CCN(CCF)CC1. The molecule has 1 aliphatic rings. The number of ether oxygens (including phenoxy) is 3. The Morgan fingerprint density at radius 1 is 0.946 bits per heavy atom. The second kappa shape index (κ2) is 11.3. The number of rotatable bonds is 10. The number of hydrogen-bond acceptors (Lipinski definition) is 7. The highest BCUT2D eigenvalue weighted by atomic mass is 19.1. The third-order valence-corrected chi connectivity index (χ3v) is 6.67. The van der Waals surface area contributed by atoms with Gasteiger partial charge in [-0.05, 0) is 37.6 Å². The van der Waals surface area contributed by atoms with Crippen LogP contribution in [0.25, 0.3) is 21.8 Å². The molecule has 10 heteroatoms. The summed E-state index contributed by atoms with van der Waals surface area (Å²) >= 11 is 0. The van der Waals surface area contributed by atoms with Crippen molar-refractivity contribution in [2.45, 2.75) is 13.3 Å². The molecule has 1 N–H and O–H groups in total. The summed E-state index contributed by atoms with van der Waals surface area (Å²) in [7, 11) is 1.57. The fraction of sp³-hybridized carbons (Fsp3) is 0.407. The van der Waals surface area contributed by atoms with Crippen molar-refractivity contribution < 1.29 is 23.0 Å². The van der Waals surface area contributed by atoms with Crippen molar-refractivity contribution >= 4 is 21.8 Å². The first-order valence-corrected chi connectivity index (χ1v) is 12.5. The van der Waals surface area contributed by atoms with Crippen LogP contribution in [0.3, 0.4) is 0 Å². The molecule has 2 aromatic heterocycles. The third kappa shape index (κ3) is 5.60. The number of aromatic amines is 1. The number of nitrogens with zero attached hydrogens (tertiary/aromatic N) is 4. The molecule has 0 saturated carbocycles. The fourth-order valence-corrected chi connectivity index (χ4v) is 4.69. The van der Waals surface area contributed by atoms with Gasteiger partial charge in [0.1, 0.15) is 13.0 Å². The summed E-state index contributed by atoms with van der Waals surface area (Å²) in [6, 6.07) is 8.64. The molecule has 8 nitrogen and oxygen atoms in total. The van der Waals surface area contributed by atoms with Gasteiger partial charge < -0.3 is 24.1 Å². The molecule has 0 aliphatic carbocycles. The van der Waals surface area contributed by atoms with E-state index in [-0.39, 0.29) is 18.3 Å². The van der Waals surface area contributed by atoms with Crippen LogP contribution in [0.4, 0.5) is 8.78 Å². The van der Waals surface area contributed by atoms with Gasteiger partial charge in [0.05, 0.1) is 24.6 Å². The van der Waals surface area contributed by atoms with E-state index in [2.05, 4.69) is 24.8 Å². The maximum atomic E-state index is 15.1. The highest BCUT2D eigenvalue weighted by Gasteiger charge is 2.18. The van der Waals surface area contributed by atoms with Gasteiger partial charge in [0, 0.05) is 61.9 Å². The molecule has 1 aliphatic heterocycles. The Morgan fingerprint density at radius 3 is 2.49 bits per heavy atom. The van der Waals surface area contributed by atoms with Gasteiger partial charge in [-0.2, -0.15) is 0 Å². The quantitative estimate of drug-likeness (QED) is 0.309. The minimum absolute atomic E-state index is 0.0799. The molecule has 5 rings (SSSR count). The number of alkyl halides is 1. The van der Waals surface area contributed by atoms with Gasteiger partial charge in [-0.15, -0.1) is 0 Å². The van der Waals surface area contributed by atoms with Crippen molar-refractivity contribution in [2.24, 2.45) is 0 Å². The average molecular weight is 512 g/mol. The number of methoxy groups -OCH3 is 1. The van der Waals surface area contributed by atoms with Crippen LogP contribution in [-0.4, -0.2) is 84.4 Å². The van der Waals surface area contributed by atoms with Crippen molar-refractivity contribution in [1.82, 2.24) is 24.8 Å². The van der Waals surface area contributed by atoms with E-state index in [0.717, 1.165) is 44.8 Å². The monoisotopic (exact) mass is 511 g/mol. The number of nitrogens with one attached hydrogen (secondary N) is 1. The van der Waals surface area contributed by atoms with Crippen LogP contribution in [-0.2, 0) is 0 Å². The van der Waals surface area contributed by atoms with E-state index in [1.807, 2.05) is 6.92 Å².